The second kappa shape index (κ2) is 16.9. The monoisotopic (exact) mass is 420 g/mol. The molecule has 5 nitrogen and oxygen atoms in total. The van der Waals surface area contributed by atoms with Crippen LogP contribution in [-0.2, 0) is 14.2 Å². The van der Waals surface area contributed by atoms with Gasteiger partial charge in [-0.05, 0) is 37.3 Å². The van der Waals surface area contributed by atoms with E-state index in [1.165, 1.54) is 38.5 Å². The van der Waals surface area contributed by atoms with E-state index < -0.39 is 11.9 Å². The summed E-state index contributed by atoms with van der Waals surface area (Å²) >= 11 is 0. The molecule has 0 spiro atoms. The molecule has 0 aliphatic carbocycles. The second-order valence-corrected chi connectivity index (χ2v) is 7.97. The predicted octanol–water partition coefficient (Wildman–Crippen LogP) is 6.20. The summed E-state index contributed by atoms with van der Waals surface area (Å²) < 4.78 is 15.8. The molecule has 0 heterocycles. The van der Waals surface area contributed by atoms with Crippen LogP contribution in [0.3, 0.4) is 0 Å². The Morgan fingerprint density at radius 1 is 0.767 bits per heavy atom. The van der Waals surface area contributed by atoms with Crippen molar-refractivity contribution in [3.05, 3.63) is 35.4 Å². The zero-order valence-electron chi connectivity index (χ0n) is 19.1. The van der Waals surface area contributed by atoms with E-state index in [0.29, 0.717) is 25.7 Å². The zero-order chi connectivity index (χ0) is 22.0. The Labute approximate surface area is 182 Å². The number of benzene rings is 1. The van der Waals surface area contributed by atoms with Crippen LogP contribution in [0, 0.1) is 5.92 Å². The van der Waals surface area contributed by atoms with Gasteiger partial charge in [0, 0.05) is 13.7 Å². The van der Waals surface area contributed by atoms with Crippen LogP contribution >= 0.6 is 0 Å². The Morgan fingerprint density at radius 3 is 1.83 bits per heavy atom. The molecule has 30 heavy (non-hydrogen) atoms. The van der Waals surface area contributed by atoms with Gasteiger partial charge in [-0.15, -0.1) is 0 Å². The number of hydrogen-bond acceptors (Lipinski definition) is 5. The first-order chi connectivity index (χ1) is 14.6. The summed E-state index contributed by atoms with van der Waals surface area (Å²) in [6.07, 6.45) is 11.2. The molecular formula is C25H40O5. The highest BCUT2D eigenvalue weighted by Gasteiger charge is 2.19. The van der Waals surface area contributed by atoms with E-state index in [0.717, 1.165) is 25.7 Å². The van der Waals surface area contributed by atoms with Gasteiger partial charge in [0.1, 0.15) is 0 Å². The molecule has 1 aromatic carbocycles. The number of hydrogen-bond donors (Lipinski definition) is 0. The quantitative estimate of drug-likeness (QED) is 0.222. The molecular weight excluding hydrogens is 380 g/mol. The minimum absolute atomic E-state index is 0.267. The molecule has 0 aliphatic rings. The van der Waals surface area contributed by atoms with Gasteiger partial charge in [-0.2, -0.15) is 0 Å². The van der Waals surface area contributed by atoms with Crippen molar-refractivity contribution in [3.63, 3.8) is 0 Å². The normalized spacial score (nSPS) is 11.8. The maximum atomic E-state index is 12.4. The van der Waals surface area contributed by atoms with Crippen LogP contribution in [0.15, 0.2) is 24.3 Å². The Morgan fingerprint density at radius 2 is 1.27 bits per heavy atom. The zero-order valence-corrected chi connectivity index (χ0v) is 19.1. The van der Waals surface area contributed by atoms with E-state index in [4.69, 9.17) is 14.2 Å². The van der Waals surface area contributed by atoms with Crippen LogP contribution in [0.25, 0.3) is 0 Å². The fourth-order valence-electron chi connectivity index (χ4n) is 3.21. The molecule has 5 heteroatoms. The molecule has 0 radical (unpaired) electrons. The van der Waals surface area contributed by atoms with E-state index in [1.54, 1.807) is 31.4 Å². The molecule has 170 valence electrons. The first kappa shape index (κ1) is 26.2. The summed E-state index contributed by atoms with van der Waals surface area (Å²) in [6, 6.07) is 6.70. The van der Waals surface area contributed by atoms with Crippen molar-refractivity contribution in [2.75, 3.05) is 26.9 Å². The lowest BCUT2D eigenvalue weighted by Crippen LogP contribution is -2.15. The van der Waals surface area contributed by atoms with Crippen LogP contribution in [0.2, 0.25) is 0 Å². The number of methoxy groups -OCH3 is 1. The van der Waals surface area contributed by atoms with Crippen LogP contribution in [-0.4, -0.2) is 38.9 Å². The smallest absolute Gasteiger partial charge is 0.339 e. The standard InChI is InChI=1S/C25H40O5/c1-4-5-6-7-8-9-10-13-18-29-24(26)22-14-11-12-15-23(22)25(27)30-20-17-21(2)16-19-28-3/h11-12,14-15,21H,4-10,13,16-20H2,1-3H3. The summed E-state index contributed by atoms with van der Waals surface area (Å²) in [5.74, 6) is -0.530. The molecule has 0 saturated heterocycles. The number of ether oxygens (including phenoxy) is 3. The third kappa shape index (κ3) is 11.3. The summed E-state index contributed by atoms with van der Waals surface area (Å²) in [5.41, 5.74) is 0.539. The summed E-state index contributed by atoms with van der Waals surface area (Å²) in [7, 11) is 1.68. The maximum Gasteiger partial charge on any atom is 0.339 e. The average Bonchev–Trinajstić information content (AvgIpc) is 2.76. The largest absolute Gasteiger partial charge is 0.462 e. The van der Waals surface area contributed by atoms with Gasteiger partial charge in [-0.3, -0.25) is 0 Å². The van der Waals surface area contributed by atoms with E-state index in [1.807, 2.05) is 0 Å². The fourth-order valence-corrected chi connectivity index (χ4v) is 3.21. The predicted molar refractivity (Wildman–Crippen MR) is 120 cm³/mol. The first-order valence-electron chi connectivity index (χ1n) is 11.5. The number of esters is 2. The van der Waals surface area contributed by atoms with Gasteiger partial charge in [0.2, 0.25) is 0 Å². The molecule has 1 aromatic rings. The van der Waals surface area contributed by atoms with Crippen molar-refractivity contribution in [2.24, 2.45) is 5.92 Å². The molecule has 1 atom stereocenters. The second-order valence-electron chi connectivity index (χ2n) is 7.97. The third-order valence-electron chi connectivity index (χ3n) is 5.26. The van der Waals surface area contributed by atoms with Gasteiger partial charge in [-0.25, -0.2) is 9.59 Å². The minimum Gasteiger partial charge on any atom is -0.462 e. The van der Waals surface area contributed by atoms with Crippen molar-refractivity contribution >= 4 is 11.9 Å². The van der Waals surface area contributed by atoms with Crippen molar-refractivity contribution < 1.29 is 23.8 Å². The van der Waals surface area contributed by atoms with Gasteiger partial charge in [-0.1, -0.05) is 70.9 Å². The van der Waals surface area contributed by atoms with Crippen LogP contribution < -0.4 is 0 Å². The Balaban J connectivity index is 2.35. The van der Waals surface area contributed by atoms with Gasteiger partial charge in [0.25, 0.3) is 0 Å². The topological polar surface area (TPSA) is 61.8 Å². The molecule has 0 saturated carbocycles. The van der Waals surface area contributed by atoms with E-state index in [-0.39, 0.29) is 11.1 Å². The van der Waals surface area contributed by atoms with Gasteiger partial charge in [0.15, 0.2) is 0 Å². The minimum atomic E-state index is -0.478. The number of carbonyl (C=O) groups excluding carboxylic acids is 2. The van der Waals surface area contributed by atoms with Gasteiger partial charge >= 0.3 is 11.9 Å². The molecule has 0 fully saturated rings. The lowest BCUT2D eigenvalue weighted by atomic mass is 10.1. The van der Waals surface area contributed by atoms with Crippen LogP contribution in [0.1, 0.15) is 98.8 Å². The summed E-state index contributed by atoms with van der Waals surface area (Å²) in [4.78, 5) is 24.9. The Kier molecular flexibility index (Phi) is 14.7. The number of carbonyl (C=O) groups is 2. The van der Waals surface area contributed by atoms with Crippen molar-refractivity contribution in [3.8, 4) is 0 Å². The summed E-state index contributed by atoms with van der Waals surface area (Å²) in [6.45, 7) is 5.72. The fraction of sp³-hybridized carbons (Fsp3) is 0.680. The third-order valence-corrected chi connectivity index (χ3v) is 5.26. The van der Waals surface area contributed by atoms with Crippen molar-refractivity contribution in [2.45, 2.75) is 78.1 Å². The van der Waals surface area contributed by atoms with Crippen LogP contribution in [0.5, 0.6) is 0 Å². The van der Waals surface area contributed by atoms with Gasteiger partial charge in [0.05, 0.1) is 24.3 Å². The highest BCUT2D eigenvalue weighted by Crippen LogP contribution is 2.14. The van der Waals surface area contributed by atoms with E-state index in [9.17, 15) is 9.59 Å². The molecule has 1 rings (SSSR count). The molecule has 0 aliphatic heterocycles. The Bertz CT molecular complexity index is 599. The molecule has 1 unspecified atom stereocenters. The molecule has 0 aromatic heterocycles. The van der Waals surface area contributed by atoms with E-state index in [2.05, 4.69) is 13.8 Å². The van der Waals surface area contributed by atoms with Crippen molar-refractivity contribution in [1.82, 2.24) is 0 Å². The summed E-state index contributed by atoms with van der Waals surface area (Å²) in [5, 5.41) is 0. The van der Waals surface area contributed by atoms with Gasteiger partial charge < -0.3 is 14.2 Å². The van der Waals surface area contributed by atoms with Crippen LogP contribution in [0.4, 0.5) is 0 Å². The van der Waals surface area contributed by atoms with Crippen molar-refractivity contribution in [1.29, 1.82) is 0 Å². The molecule has 0 bridgehead atoms. The lowest BCUT2D eigenvalue weighted by molar-refractivity contribution is 0.0440. The highest BCUT2D eigenvalue weighted by molar-refractivity contribution is 6.03. The lowest BCUT2D eigenvalue weighted by Gasteiger charge is -2.12. The number of unbranched alkanes of at least 4 members (excludes halogenated alkanes) is 7. The molecule has 0 amide bonds. The highest BCUT2D eigenvalue weighted by atomic mass is 16.5. The van der Waals surface area contributed by atoms with E-state index >= 15 is 0 Å². The average molecular weight is 421 g/mol. The Hall–Kier alpha value is -1.88. The number of rotatable bonds is 17. The SMILES string of the molecule is CCCCCCCCCCOC(=O)c1ccccc1C(=O)OCCC(C)CCOC. The molecule has 0 N–H and O–H groups in total. The first-order valence-corrected chi connectivity index (χ1v) is 11.5. The maximum absolute atomic E-state index is 12.4.